The first-order valence-corrected chi connectivity index (χ1v) is 7.62. The molecule has 3 rings (SSSR count). The van der Waals surface area contributed by atoms with Crippen LogP contribution in [0.1, 0.15) is 27.4 Å². The summed E-state index contributed by atoms with van der Waals surface area (Å²) in [7, 11) is 0. The molecule has 0 bridgehead atoms. The van der Waals surface area contributed by atoms with Gasteiger partial charge in [-0.15, -0.1) is 0 Å². The van der Waals surface area contributed by atoms with Gasteiger partial charge in [-0.3, -0.25) is 9.69 Å². The summed E-state index contributed by atoms with van der Waals surface area (Å²) in [5.74, 6) is 0.278. The van der Waals surface area contributed by atoms with Crippen molar-refractivity contribution in [2.75, 3.05) is 26.2 Å². The number of hydrogen-bond acceptors (Lipinski definition) is 4. The fourth-order valence-corrected chi connectivity index (χ4v) is 2.80. The van der Waals surface area contributed by atoms with E-state index in [1.165, 1.54) is 11.1 Å². The predicted molar refractivity (Wildman–Crippen MR) is 83.6 cm³/mol. The summed E-state index contributed by atoms with van der Waals surface area (Å²) in [5.41, 5.74) is 3.35. The number of piperazine rings is 1. The molecule has 1 fully saturated rings. The first-order valence-electron chi connectivity index (χ1n) is 7.62. The topological polar surface area (TPSA) is 49.6 Å². The summed E-state index contributed by atoms with van der Waals surface area (Å²) in [6, 6.07) is 10.3. The van der Waals surface area contributed by atoms with E-state index >= 15 is 0 Å². The normalized spacial score (nSPS) is 16.0. The predicted octanol–water partition coefficient (Wildman–Crippen LogP) is 2.25. The molecule has 1 aliphatic rings. The Morgan fingerprint density at radius 2 is 1.95 bits per heavy atom. The van der Waals surface area contributed by atoms with Crippen LogP contribution in [0.3, 0.4) is 0 Å². The summed E-state index contributed by atoms with van der Waals surface area (Å²) in [4.78, 5) is 16.5. The van der Waals surface area contributed by atoms with Crippen molar-refractivity contribution in [2.24, 2.45) is 0 Å². The van der Waals surface area contributed by atoms with Gasteiger partial charge in [0.05, 0.1) is 5.69 Å². The van der Waals surface area contributed by atoms with E-state index in [9.17, 15) is 4.79 Å². The van der Waals surface area contributed by atoms with Crippen LogP contribution in [0, 0.1) is 13.8 Å². The number of aryl methyl sites for hydroxylation is 2. The molecule has 0 N–H and O–H groups in total. The Bertz CT molecular complexity index is 657. The van der Waals surface area contributed by atoms with E-state index in [1.54, 1.807) is 6.07 Å². The second kappa shape index (κ2) is 6.32. The third kappa shape index (κ3) is 3.36. The number of benzene rings is 1. The van der Waals surface area contributed by atoms with E-state index in [2.05, 4.69) is 41.2 Å². The molecule has 0 atom stereocenters. The van der Waals surface area contributed by atoms with Crippen molar-refractivity contribution in [3.8, 4) is 0 Å². The smallest absolute Gasteiger partial charge is 0.292 e. The fourth-order valence-electron chi connectivity index (χ4n) is 2.80. The number of amides is 1. The Morgan fingerprint density at radius 1 is 1.18 bits per heavy atom. The molecule has 5 heteroatoms. The molecule has 1 aliphatic heterocycles. The summed E-state index contributed by atoms with van der Waals surface area (Å²) in [5, 5.41) is 3.78. The number of rotatable bonds is 3. The molecule has 1 aromatic heterocycles. The highest BCUT2D eigenvalue weighted by Crippen LogP contribution is 2.13. The third-order valence-corrected chi connectivity index (χ3v) is 3.99. The van der Waals surface area contributed by atoms with Gasteiger partial charge in [-0.1, -0.05) is 35.0 Å². The van der Waals surface area contributed by atoms with Crippen LogP contribution in [0.2, 0.25) is 0 Å². The van der Waals surface area contributed by atoms with Crippen LogP contribution >= 0.6 is 0 Å². The number of aromatic nitrogens is 1. The molecular weight excluding hydrogens is 278 g/mol. The zero-order valence-electron chi connectivity index (χ0n) is 13.1. The summed E-state index contributed by atoms with van der Waals surface area (Å²) in [6.07, 6.45) is 0. The lowest BCUT2D eigenvalue weighted by atomic mass is 10.1. The van der Waals surface area contributed by atoms with Gasteiger partial charge in [0.1, 0.15) is 0 Å². The Hall–Kier alpha value is -2.14. The molecule has 1 saturated heterocycles. The van der Waals surface area contributed by atoms with Crippen LogP contribution in [0.5, 0.6) is 0 Å². The van der Waals surface area contributed by atoms with E-state index in [1.807, 2.05) is 11.8 Å². The molecule has 2 aromatic rings. The second-order valence-corrected chi connectivity index (χ2v) is 5.89. The molecule has 1 amide bonds. The van der Waals surface area contributed by atoms with Gasteiger partial charge in [-0.05, 0) is 19.4 Å². The van der Waals surface area contributed by atoms with Crippen molar-refractivity contribution in [1.29, 1.82) is 0 Å². The first kappa shape index (κ1) is 14.8. The Morgan fingerprint density at radius 3 is 2.59 bits per heavy atom. The number of hydrogen-bond donors (Lipinski definition) is 0. The largest absolute Gasteiger partial charge is 0.351 e. The van der Waals surface area contributed by atoms with E-state index < -0.39 is 0 Å². The molecular formula is C17H21N3O2. The quantitative estimate of drug-likeness (QED) is 0.872. The monoisotopic (exact) mass is 299 g/mol. The van der Waals surface area contributed by atoms with Crippen molar-refractivity contribution in [2.45, 2.75) is 20.4 Å². The molecule has 5 nitrogen and oxygen atoms in total. The minimum atomic E-state index is -0.0594. The van der Waals surface area contributed by atoms with E-state index in [0.717, 1.165) is 38.4 Å². The lowest BCUT2D eigenvalue weighted by molar-refractivity contribution is 0.0588. The molecule has 0 aliphatic carbocycles. The van der Waals surface area contributed by atoms with Gasteiger partial charge < -0.3 is 9.42 Å². The van der Waals surface area contributed by atoms with Gasteiger partial charge >= 0.3 is 0 Å². The molecule has 1 aromatic carbocycles. The Labute approximate surface area is 130 Å². The number of carbonyl (C=O) groups is 1. The lowest BCUT2D eigenvalue weighted by Crippen LogP contribution is -2.48. The van der Waals surface area contributed by atoms with Crippen molar-refractivity contribution in [3.63, 3.8) is 0 Å². The van der Waals surface area contributed by atoms with Gasteiger partial charge in [-0.25, -0.2) is 0 Å². The average molecular weight is 299 g/mol. The third-order valence-electron chi connectivity index (χ3n) is 3.99. The number of carbonyl (C=O) groups excluding carboxylic acids is 1. The van der Waals surface area contributed by atoms with E-state index in [-0.39, 0.29) is 5.91 Å². The zero-order valence-corrected chi connectivity index (χ0v) is 13.1. The van der Waals surface area contributed by atoms with Gasteiger partial charge in [0.2, 0.25) is 5.76 Å². The van der Waals surface area contributed by atoms with Crippen molar-refractivity contribution >= 4 is 5.91 Å². The summed E-state index contributed by atoms with van der Waals surface area (Å²) in [6.45, 7) is 8.08. The molecule has 2 heterocycles. The van der Waals surface area contributed by atoms with Crippen LogP contribution in [-0.4, -0.2) is 47.0 Å². The minimum Gasteiger partial charge on any atom is -0.351 e. The summed E-state index contributed by atoms with van der Waals surface area (Å²) < 4.78 is 5.06. The van der Waals surface area contributed by atoms with Crippen LogP contribution in [0.15, 0.2) is 34.9 Å². The zero-order chi connectivity index (χ0) is 15.5. The molecule has 22 heavy (non-hydrogen) atoms. The van der Waals surface area contributed by atoms with E-state index in [0.29, 0.717) is 5.76 Å². The van der Waals surface area contributed by atoms with Crippen molar-refractivity contribution in [1.82, 2.24) is 15.0 Å². The molecule has 116 valence electrons. The van der Waals surface area contributed by atoms with Crippen LogP contribution < -0.4 is 0 Å². The SMILES string of the molecule is Cc1cccc(CN2CCN(C(=O)c3cc(C)no3)CC2)c1. The number of nitrogens with zero attached hydrogens (tertiary/aromatic N) is 3. The van der Waals surface area contributed by atoms with Gasteiger partial charge in [0.25, 0.3) is 5.91 Å². The molecule has 0 radical (unpaired) electrons. The summed E-state index contributed by atoms with van der Waals surface area (Å²) >= 11 is 0. The van der Waals surface area contributed by atoms with E-state index in [4.69, 9.17) is 4.52 Å². The average Bonchev–Trinajstić information content (AvgIpc) is 2.94. The van der Waals surface area contributed by atoms with Crippen molar-refractivity contribution < 1.29 is 9.32 Å². The van der Waals surface area contributed by atoms with Crippen LogP contribution in [0.4, 0.5) is 0 Å². The lowest BCUT2D eigenvalue weighted by Gasteiger charge is -2.34. The standard InChI is InChI=1S/C17H21N3O2/c1-13-4-3-5-15(10-13)12-19-6-8-20(9-7-19)17(21)16-11-14(2)18-22-16/h3-5,10-11H,6-9,12H2,1-2H3. The van der Waals surface area contributed by atoms with Gasteiger partial charge in [-0.2, -0.15) is 0 Å². The van der Waals surface area contributed by atoms with Gasteiger partial charge in [0, 0.05) is 38.8 Å². The highest BCUT2D eigenvalue weighted by Gasteiger charge is 2.24. The van der Waals surface area contributed by atoms with Crippen LogP contribution in [-0.2, 0) is 6.54 Å². The highest BCUT2D eigenvalue weighted by molar-refractivity contribution is 5.91. The molecule has 0 spiro atoms. The Kier molecular flexibility index (Phi) is 4.24. The van der Waals surface area contributed by atoms with Gasteiger partial charge in [0.15, 0.2) is 0 Å². The van der Waals surface area contributed by atoms with Crippen molar-refractivity contribution in [3.05, 3.63) is 52.9 Å². The minimum absolute atomic E-state index is 0.0594. The first-order chi connectivity index (χ1) is 10.6. The maximum absolute atomic E-state index is 12.3. The highest BCUT2D eigenvalue weighted by atomic mass is 16.5. The van der Waals surface area contributed by atoms with Crippen LogP contribution in [0.25, 0.3) is 0 Å². The molecule has 0 saturated carbocycles. The fraction of sp³-hybridized carbons (Fsp3) is 0.412. The maximum atomic E-state index is 12.3. The Balaban J connectivity index is 1.55. The molecule has 0 unspecified atom stereocenters. The second-order valence-electron chi connectivity index (χ2n) is 5.89. The maximum Gasteiger partial charge on any atom is 0.292 e.